The van der Waals surface area contributed by atoms with E-state index in [0.717, 1.165) is 10.9 Å². The second-order valence-electron chi connectivity index (χ2n) is 6.31. The minimum absolute atomic E-state index is 0.118. The second-order valence-corrected chi connectivity index (χ2v) is 6.31. The summed E-state index contributed by atoms with van der Waals surface area (Å²) in [6.07, 6.45) is 1.51. The molecule has 2 heterocycles. The van der Waals surface area contributed by atoms with E-state index in [1.54, 1.807) is 11.9 Å². The van der Waals surface area contributed by atoms with Gasteiger partial charge in [0.2, 0.25) is 0 Å². The molecule has 24 heavy (non-hydrogen) atoms. The number of pyridine rings is 1. The molecule has 1 aromatic heterocycles. The standard InChI is InChI=1S/C18H20N2O4/c1-19-15-5-3-2-4-13(15)14(11-16(19)21)18(24)20-8-6-12(7-9-20)10-17(22)23/h2-5,11-12H,6-10H2,1H3,(H,22,23). The van der Waals surface area contributed by atoms with E-state index in [-0.39, 0.29) is 23.8 Å². The Labute approximate surface area is 139 Å². The van der Waals surface area contributed by atoms with Crippen LogP contribution < -0.4 is 5.56 Å². The fraction of sp³-hybridized carbons (Fsp3) is 0.389. The van der Waals surface area contributed by atoms with E-state index < -0.39 is 5.97 Å². The maximum absolute atomic E-state index is 12.9. The first-order valence-electron chi connectivity index (χ1n) is 8.07. The minimum Gasteiger partial charge on any atom is -0.481 e. The van der Waals surface area contributed by atoms with Crippen molar-refractivity contribution in [1.82, 2.24) is 9.47 Å². The largest absolute Gasteiger partial charge is 0.481 e. The van der Waals surface area contributed by atoms with Crippen molar-refractivity contribution in [3.63, 3.8) is 0 Å². The quantitative estimate of drug-likeness (QED) is 0.933. The molecule has 1 saturated heterocycles. The molecule has 0 unspecified atom stereocenters. The van der Waals surface area contributed by atoms with Gasteiger partial charge in [-0.2, -0.15) is 0 Å². The van der Waals surface area contributed by atoms with Gasteiger partial charge in [0.15, 0.2) is 0 Å². The van der Waals surface area contributed by atoms with Crippen LogP contribution in [0.15, 0.2) is 35.1 Å². The van der Waals surface area contributed by atoms with E-state index >= 15 is 0 Å². The van der Waals surface area contributed by atoms with Gasteiger partial charge in [0, 0.05) is 38.0 Å². The molecular formula is C18H20N2O4. The van der Waals surface area contributed by atoms with Crippen LogP contribution in [-0.4, -0.2) is 39.5 Å². The molecule has 0 atom stereocenters. The molecule has 0 aliphatic carbocycles. The summed E-state index contributed by atoms with van der Waals surface area (Å²) in [5.74, 6) is -0.832. The number of hydrogen-bond acceptors (Lipinski definition) is 3. The second kappa shape index (κ2) is 6.47. The van der Waals surface area contributed by atoms with E-state index in [9.17, 15) is 14.4 Å². The summed E-state index contributed by atoms with van der Waals surface area (Å²) in [6.45, 7) is 1.06. The number of nitrogens with zero attached hydrogens (tertiary/aromatic N) is 2. The van der Waals surface area contributed by atoms with Crippen molar-refractivity contribution in [2.75, 3.05) is 13.1 Å². The molecule has 0 spiro atoms. The Bertz CT molecular complexity index is 848. The first-order chi connectivity index (χ1) is 11.5. The first-order valence-corrected chi connectivity index (χ1v) is 8.07. The van der Waals surface area contributed by atoms with Gasteiger partial charge in [-0.1, -0.05) is 18.2 Å². The number of aliphatic carboxylic acids is 1. The predicted molar refractivity (Wildman–Crippen MR) is 90.1 cm³/mol. The van der Waals surface area contributed by atoms with Crippen LogP contribution in [0.4, 0.5) is 0 Å². The molecule has 0 bridgehead atoms. The number of piperidine rings is 1. The molecule has 2 aromatic rings. The van der Waals surface area contributed by atoms with E-state index in [0.29, 0.717) is 31.5 Å². The van der Waals surface area contributed by atoms with Gasteiger partial charge in [0.1, 0.15) is 0 Å². The third kappa shape index (κ3) is 3.04. The lowest BCUT2D eigenvalue weighted by Crippen LogP contribution is -2.39. The normalized spacial score (nSPS) is 15.6. The molecule has 6 heteroatoms. The Morgan fingerprint density at radius 2 is 1.88 bits per heavy atom. The Morgan fingerprint density at radius 1 is 1.21 bits per heavy atom. The van der Waals surface area contributed by atoms with Crippen LogP contribution in [0, 0.1) is 5.92 Å². The summed E-state index contributed by atoms with van der Waals surface area (Å²) in [5, 5.41) is 9.64. The fourth-order valence-electron chi connectivity index (χ4n) is 3.35. The molecule has 0 saturated carbocycles. The van der Waals surface area contributed by atoms with Gasteiger partial charge in [-0.3, -0.25) is 14.4 Å². The number of para-hydroxylation sites is 1. The van der Waals surface area contributed by atoms with Crippen LogP contribution >= 0.6 is 0 Å². The summed E-state index contributed by atoms with van der Waals surface area (Å²) >= 11 is 0. The summed E-state index contributed by atoms with van der Waals surface area (Å²) in [5.41, 5.74) is 0.942. The number of rotatable bonds is 3. The molecule has 1 aromatic carbocycles. The van der Waals surface area contributed by atoms with Crippen LogP contribution in [0.5, 0.6) is 0 Å². The maximum Gasteiger partial charge on any atom is 0.303 e. The Hall–Kier alpha value is -2.63. The highest BCUT2D eigenvalue weighted by Gasteiger charge is 2.26. The zero-order chi connectivity index (χ0) is 17.3. The van der Waals surface area contributed by atoms with Gasteiger partial charge in [-0.05, 0) is 24.8 Å². The zero-order valence-electron chi connectivity index (χ0n) is 13.6. The van der Waals surface area contributed by atoms with Gasteiger partial charge in [0.25, 0.3) is 11.5 Å². The van der Waals surface area contributed by atoms with Crippen molar-refractivity contribution >= 4 is 22.8 Å². The highest BCUT2D eigenvalue weighted by atomic mass is 16.4. The van der Waals surface area contributed by atoms with Crippen LogP contribution in [0.1, 0.15) is 29.6 Å². The lowest BCUT2D eigenvalue weighted by Gasteiger charge is -2.31. The third-order valence-electron chi connectivity index (χ3n) is 4.75. The number of benzene rings is 1. The molecule has 1 aliphatic rings. The molecule has 3 rings (SSSR count). The Balaban J connectivity index is 1.87. The van der Waals surface area contributed by atoms with Crippen molar-refractivity contribution in [2.24, 2.45) is 13.0 Å². The third-order valence-corrected chi connectivity index (χ3v) is 4.75. The Morgan fingerprint density at radius 3 is 2.54 bits per heavy atom. The van der Waals surface area contributed by atoms with Crippen molar-refractivity contribution in [3.8, 4) is 0 Å². The summed E-state index contributed by atoms with van der Waals surface area (Å²) in [6, 6.07) is 8.76. The van der Waals surface area contributed by atoms with Gasteiger partial charge in [-0.25, -0.2) is 0 Å². The number of amides is 1. The summed E-state index contributed by atoms with van der Waals surface area (Å²) in [4.78, 5) is 37.5. The zero-order valence-corrected chi connectivity index (χ0v) is 13.6. The van der Waals surface area contributed by atoms with Crippen LogP contribution in [0.2, 0.25) is 0 Å². The number of aromatic nitrogens is 1. The van der Waals surface area contributed by atoms with Gasteiger partial charge in [-0.15, -0.1) is 0 Å². The topological polar surface area (TPSA) is 79.6 Å². The number of aryl methyl sites for hydroxylation is 1. The predicted octanol–water partition coefficient (Wildman–Crippen LogP) is 1.87. The number of fused-ring (bicyclic) bond motifs is 1. The van der Waals surface area contributed by atoms with Gasteiger partial charge < -0.3 is 14.6 Å². The van der Waals surface area contributed by atoms with Gasteiger partial charge >= 0.3 is 5.97 Å². The number of carbonyl (C=O) groups excluding carboxylic acids is 1. The number of carbonyl (C=O) groups is 2. The molecule has 0 radical (unpaired) electrons. The number of carboxylic acids is 1. The van der Waals surface area contributed by atoms with E-state index in [4.69, 9.17) is 5.11 Å². The monoisotopic (exact) mass is 328 g/mol. The van der Waals surface area contributed by atoms with E-state index in [1.165, 1.54) is 10.6 Å². The van der Waals surface area contributed by atoms with Crippen molar-refractivity contribution in [1.29, 1.82) is 0 Å². The molecule has 6 nitrogen and oxygen atoms in total. The Kier molecular flexibility index (Phi) is 4.38. The van der Waals surface area contributed by atoms with E-state index in [2.05, 4.69) is 0 Å². The van der Waals surface area contributed by atoms with Crippen molar-refractivity contribution in [2.45, 2.75) is 19.3 Å². The SMILES string of the molecule is Cn1c(=O)cc(C(=O)N2CCC(CC(=O)O)CC2)c2ccccc21. The van der Waals surface area contributed by atoms with E-state index in [1.807, 2.05) is 24.3 Å². The van der Waals surface area contributed by atoms with Crippen LogP contribution in [-0.2, 0) is 11.8 Å². The first kappa shape index (κ1) is 16.2. The van der Waals surface area contributed by atoms with Crippen LogP contribution in [0.25, 0.3) is 10.9 Å². The summed E-state index contributed by atoms with van der Waals surface area (Å²) < 4.78 is 1.53. The molecule has 1 amide bonds. The molecule has 126 valence electrons. The molecular weight excluding hydrogens is 308 g/mol. The van der Waals surface area contributed by atoms with Crippen LogP contribution in [0.3, 0.4) is 0 Å². The number of likely N-dealkylation sites (tertiary alicyclic amines) is 1. The lowest BCUT2D eigenvalue weighted by atomic mass is 9.93. The van der Waals surface area contributed by atoms with Crippen molar-refractivity contribution < 1.29 is 14.7 Å². The molecule has 1 fully saturated rings. The van der Waals surface area contributed by atoms with Crippen molar-refractivity contribution in [3.05, 3.63) is 46.2 Å². The highest BCUT2D eigenvalue weighted by molar-refractivity contribution is 6.06. The fourth-order valence-corrected chi connectivity index (χ4v) is 3.35. The molecule has 1 N–H and O–H groups in total. The summed E-state index contributed by atoms with van der Waals surface area (Å²) in [7, 11) is 1.69. The smallest absolute Gasteiger partial charge is 0.303 e. The van der Waals surface area contributed by atoms with Gasteiger partial charge in [0.05, 0.1) is 11.1 Å². The maximum atomic E-state index is 12.9. The average Bonchev–Trinajstić information content (AvgIpc) is 2.58. The number of hydrogen-bond donors (Lipinski definition) is 1. The number of carboxylic acid groups (broad SMARTS) is 1. The lowest BCUT2D eigenvalue weighted by molar-refractivity contribution is -0.138. The molecule has 1 aliphatic heterocycles. The highest BCUT2D eigenvalue weighted by Crippen LogP contribution is 2.24. The minimum atomic E-state index is -0.794. The average molecular weight is 328 g/mol.